The molecule has 0 saturated carbocycles. The van der Waals surface area contributed by atoms with Crippen LogP contribution in [0.4, 0.5) is 11.5 Å². The Hall–Kier alpha value is -3.05. The van der Waals surface area contributed by atoms with Crippen LogP contribution in [0.1, 0.15) is 16.9 Å². The molecule has 2 aromatic heterocycles. The van der Waals surface area contributed by atoms with Gasteiger partial charge in [0.05, 0.1) is 41.0 Å². The normalized spacial score (nSPS) is 15.7. The smallest absolute Gasteiger partial charge is 0.278 e. The van der Waals surface area contributed by atoms with Crippen LogP contribution in [0.2, 0.25) is 0 Å². The van der Waals surface area contributed by atoms with Crippen molar-refractivity contribution < 1.29 is 17.9 Å². The number of hydrogen-bond donors (Lipinski definition) is 2. The van der Waals surface area contributed by atoms with E-state index < -0.39 is 15.7 Å². The molecule has 0 atom stereocenters. The highest BCUT2D eigenvalue weighted by Gasteiger charge is 2.23. The van der Waals surface area contributed by atoms with Crippen molar-refractivity contribution in [3.63, 3.8) is 0 Å². The second kappa shape index (κ2) is 8.00. The summed E-state index contributed by atoms with van der Waals surface area (Å²) in [7, 11) is -3.69. The number of carbonyl (C=O) groups excluding carboxylic acids is 1. The van der Waals surface area contributed by atoms with Crippen LogP contribution in [0, 0.1) is 0 Å². The Morgan fingerprint density at radius 1 is 1.20 bits per heavy atom. The quantitative estimate of drug-likeness (QED) is 0.491. The molecule has 0 fully saturated rings. The largest absolute Gasteiger partial charge is 0.494 e. The fraction of sp³-hybridized carbons (Fsp3) is 0.158. The predicted octanol–water partition coefficient (Wildman–Crippen LogP) is 2.69. The van der Waals surface area contributed by atoms with Gasteiger partial charge in [0, 0.05) is 16.2 Å². The third-order valence-electron chi connectivity index (χ3n) is 4.42. The van der Waals surface area contributed by atoms with Crippen molar-refractivity contribution in [3.05, 3.63) is 53.0 Å². The molecule has 4 bridgehead atoms. The van der Waals surface area contributed by atoms with Crippen molar-refractivity contribution in [2.75, 3.05) is 23.4 Å². The van der Waals surface area contributed by atoms with Crippen LogP contribution in [-0.4, -0.2) is 41.6 Å². The SMILES string of the molecule is Nc1ncc2nc1C(=O)Nc1cnccc1S(=O)(=O)CCCOc1ccc(Br)c-2c1. The first kappa shape index (κ1) is 20.2. The number of aromatic nitrogens is 3. The molecule has 3 aromatic rings. The Morgan fingerprint density at radius 3 is 2.87 bits per heavy atom. The lowest BCUT2D eigenvalue weighted by molar-refractivity contribution is 0.102. The van der Waals surface area contributed by atoms with Crippen molar-refractivity contribution >= 4 is 43.2 Å². The lowest BCUT2D eigenvalue weighted by Gasteiger charge is -2.12. The minimum Gasteiger partial charge on any atom is -0.494 e. The molecule has 9 nitrogen and oxygen atoms in total. The summed E-state index contributed by atoms with van der Waals surface area (Å²) in [5.74, 6) is -0.393. The van der Waals surface area contributed by atoms with E-state index in [1.807, 2.05) is 0 Å². The number of nitrogens with two attached hydrogens (primary N) is 1. The van der Waals surface area contributed by atoms with Crippen LogP contribution in [-0.2, 0) is 9.84 Å². The second-order valence-electron chi connectivity index (χ2n) is 6.48. The molecule has 0 unspecified atom stereocenters. The van der Waals surface area contributed by atoms with Gasteiger partial charge in [-0.2, -0.15) is 0 Å². The maximum absolute atomic E-state index is 12.9. The zero-order valence-corrected chi connectivity index (χ0v) is 17.9. The van der Waals surface area contributed by atoms with Gasteiger partial charge < -0.3 is 15.8 Å². The molecule has 0 spiro atoms. The third kappa shape index (κ3) is 3.98. The molecule has 0 aliphatic carbocycles. The minimum atomic E-state index is -3.69. The fourth-order valence-corrected chi connectivity index (χ4v) is 4.84. The summed E-state index contributed by atoms with van der Waals surface area (Å²) in [6.07, 6.45) is 4.34. The Kier molecular flexibility index (Phi) is 5.39. The number of nitrogen functional groups attached to an aromatic ring is 1. The first-order valence-electron chi connectivity index (χ1n) is 8.88. The molecule has 4 rings (SSSR count). The number of pyridine rings is 1. The Morgan fingerprint density at radius 2 is 2.03 bits per heavy atom. The maximum atomic E-state index is 12.9. The number of sulfone groups is 1. The molecular weight excluding hydrogens is 474 g/mol. The van der Waals surface area contributed by atoms with E-state index >= 15 is 0 Å². The summed E-state index contributed by atoms with van der Waals surface area (Å²) in [6.45, 7) is 0.200. The molecule has 1 aliphatic heterocycles. The van der Waals surface area contributed by atoms with Gasteiger partial charge in [-0.3, -0.25) is 9.78 Å². The number of halogens is 1. The Bertz CT molecular complexity index is 1250. The molecule has 1 amide bonds. The van der Waals surface area contributed by atoms with E-state index in [0.717, 1.165) is 4.47 Å². The summed E-state index contributed by atoms with van der Waals surface area (Å²) in [5, 5.41) is 2.55. The fourth-order valence-electron chi connectivity index (χ4n) is 2.96. The van der Waals surface area contributed by atoms with Crippen LogP contribution < -0.4 is 15.8 Å². The number of amides is 1. The van der Waals surface area contributed by atoms with Crippen molar-refractivity contribution in [2.24, 2.45) is 0 Å². The number of nitrogens with zero attached hydrogens (tertiary/aromatic N) is 3. The summed E-state index contributed by atoms with van der Waals surface area (Å²) in [4.78, 5) is 25.2. The van der Waals surface area contributed by atoms with Gasteiger partial charge in [-0.05, 0) is 30.7 Å². The number of ether oxygens (including phenoxy) is 1. The van der Waals surface area contributed by atoms with Crippen LogP contribution in [0.5, 0.6) is 5.75 Å². The number of rotatable bonds is 0. The van der Waals surface area contributed by atoms with E-state index in [9.17, 15) is 13.2 Å². The highest BCUT2D eigenvalue weighted by Crippen LogP contribution is 2.32. The molecule has 154 valence electrons. The average Bonchev–Trinajstić information content (AvgIpc) is 2.72. The van der Waals surface area contributed by atoms with Gasteiger partial charge in [0.1, 0.15) is 5.75 Å². The molecule has 3 heterocycles. The number of carbonyl (C=O) groups is 1. The molecule has 0 saturated heterocycles. The van der Waals surface area contributed by atoms with Crippen LogP contribution in [0.15, 0.2) is 52.2 Å². The molecule has 3 N–H and O–H groups in total. The lowest BCUT2D eigenvalue weighted by atomic mass is 10.1. The zero-order valence-electron chi connectivity index (χ0n) is 15.5. The number of nitrogens with one attached hydrogen (secondary N) is 1. The minimum absolute atomic E-state index is 0.0354. The molecule has 1 aliphatic rings. The van der Waals surface area contributed by atoms with Gasteiger partial charge in [-0.15, -0.1) is 0 Å². The third-order valence-corrected chi connectivity index (χ3v) is 6.96. The molecule has 1 aromatic carbocycles. The Labute approximate surface area is 180 Å². The van der Waals surface area contributed by atoms with E-state index in [-0.39, 0.29) is 40.9 Å². The summed E-state index contributed by atoms with van der Waals surface area (Å²) >= 11 is 3.46. The number of anilines is 2. The molecule has 0 radical (unpaired) electrons. The Balaban J connectivity index is 1.87. The maximum Gasteiger partial charge on any atom is 0.278 e. The van der Waals surface area contributed by atoms with E-state index in [1.54, 1.807) is 18.2 Å². The van der Waals surface area contributed by atoms with Crippen LogP contribution in [0.25, 0.3) is 11.3 Å². The van der Waals surface area contributed by atoms with Gasteiger partial charge >= 0.3 is 0 Å². The van der Waals surface area contributed by atoms with Crippen molar-refractivity contribution in [2.45, 2.75) is 11.3 Å². The van der Waals surface area contributed by atoms with E-state index in [4.69, 9.17) is 10.5 Å². The van der Waals surface area contributed by atoms with Crippen molar-refractivity contribution in [1.29, 1.82) is 0 Å². The van der Waals surface area contributed by atoms with E-state index in [1.165, 1.54) is 24.7 Å². The number of benzene rings is 1. The highest BCUT2D eigenvalue weighted by atomic mass is 79.9. The van der Waals surface area contributed by atoms with Gasteiger partial charge in [-0.1, -0.05) is 15.9 Å². The molecule has 30 heavy (non-hydrogen) atoms. The number of hydrogen-bond acceptors (Lipinski definition) is 8. The van der Waals surface area contributed by atoms with Gasteiger partial charge in [0.15, 0.2) is 21.3 Å². The van der Waals surface area contributed by atoms with Gasteiger partial charge in [0.2, 0.25) is 0 Å². The summed E-state index contributed by atoms with van der Waals surface area (Å²) in [6, 6.07) is 6.60. The van der Waals surface area contributed by atoms with Crippen molar-refractivity contribution in [3.8, 4) is 17.0 Å². The highest BCUT2D eigenvalue weighted by molar-refractivity contribution is 9.10. The number of fused-ring (bicyclic) bond motifs is 6. The average molecular weight is 490 g/mol. The van der Waals surface area contributed by atoms with E-state index in [0.29, 0.717) is 17.0 Å². The standard InChI is InChI=1S/C19H16BrN5O4S/c20-13-3-2-11-8-12(13)14-10-23-18(21)17(24-14)19(26)25-15-9-22-5-4-16(15)30(27,28)7-1-6-29-11/h2-5,8-10H,1,6-7H2,(H2,21,23)(H,25,26). The first-order chi connectivity index (χ1) is 14.3. The molecule has 11 heteroatoms. The van der Waals surface area contributed by atoms with Crippen molar-refractivity contribution in [1.82, 2.24) is 15.0 Å². The topological polar surface area (TPSA) is 137 Å². The van der Waals surface area contributed by atoms with Gasteiger partial charge in [-0.25, -0.2) is 18.4 Å². The van der Waals surface area contributed by atoms with Crippen LogP contribution >= 0.6 is 15.9 Å². The van der Waals surface area contributed by atoms with E-state index in [2.05, 4.69) is 36.2 Å². The second-order valence-corrected chi connectivity index (χ2v) is 9.41. The lowest BCUT2D eigenvalue weighted by Crippen LogP contribution is -2.20. The zero-order chi connectivity index (χ0) is 21.3. The monoisotopic (exact) mass is 489 g/mol. The molecular formula is C19H16BrN5O4S. The first-order valence-corrected chi connectivity index (χ1v) is 11.3. The summed E-state index contributed by atoms with van der Waals surface area (Å²) < 4.78 is 32.1. The summed E-state index contributed by atoms with van der Waals surface area (Å²) in [5.41, 5.74) is 6.84. The van der Waals surface area contributed by atoms with Gasteiger partial charge in [0.25, 0.3) is 5.91 Å². The van der Waals surface area contributed by atoms with Crippen LogP contribution in [0.3, 0.4) is 0 Å². The predicted molar refractivity (Wildman–Crippen MR) is 114 cm³/mol.